The topological polar surface area (TPSA) is 64.5 Å². The van der Waals surface area contributed by atoms with Gasteiger partial charge in [-0.1, -0.05) is 17.7 Å². The molecule has 0 aliphatic carbocycles. The maximum Gasteiger partial charge on any atom is 0.410 e. The Kier molecular flexibility index (Phi) is 6.57. The van der Waals surface area contributed by atoms with Gasteiger partial charge in [0.1, 0.15) is 23.7 Å². The fraction of sp³-hybridized carbons (Fsp3) is 0.476. The van der Waals surface area contributed by atoms with Crippen molar-refractivity contribution >= 4 is 17.7 Å². The smallest absolute Gasteiger partial charge is 0.410 e. The van der Waals surface area contributed by atoms with Gasteiger partial charge in [-0.15, -0.1) is 0 Å². The lowest BCUT2D eigenvalue weighted by Crippen LogP contribution is -2.41. The fourth-order valence-corrected chi connectivity index (χ4v) is 3.26. The van der Waals surface area contributed by atoms with Crippen molar-refractivity contribution in [3.8, 4) is 5.88 Å². The van der Waals surface area contributed by atoms with Crippen molar-refractivity contribution in [2.45, 2.75) is 51.7 Å². The Hall–Kier alpha value is -2.41. The first-order valence-electron chi connectivity index (χ1n) is 9.59. The lowest BCUT2D eigenvalue weighted by molar-refractivity contribution is 0.0204. The number of carbonyl (C=O) groups excluding carboxylic acids is 1. The van der Waals surface area contributed by atoms with Gasteiger partial charge in [0.2, 0.25) is 5.88 Å². The molecule has 6 nitrogen and oxygen atoms in total. The first-order valence-corrected chi connectivity index (χ1v) is 9.96. The standard InChI is InChI=1S/C21H25ClFN3O3/c1-21(2,3)29-20(27)26-9-7-14(8-10-26)17-5-4-6-19(25-17)28-13-18-16(23)11-15(22)12-24-18/h4-6,11-12,14H,7-10,13H2,1-3H3. The molecule has 1 fully saturated rings. The zero-order valence-electron chi connectivity index (χ0n) is 16.8. The van der Waals surface area contributed by atoms with E-state index in [-0.39, 0.29) is 29.3 Å². The van der Waals surface area contributed by atoms with Crippen molar-refractivity contribution in [3.63, 3.8) is 0 Å². The van der Waals surface area contributed by atoms with Crippen LogP contribution in [0.5, 0.6) is 5.88 Å². The van der Waals surface area contributed by atoms with Crippen LogP contribution in [0, 0.1) is 5.82 Å². The van der Waals surface area contributed by atoms with Crippen molar-refractivity contribution in [1.29, 1.82) is 0 Å². The summed E-state index contributed by atoms with van der Waals surface area (Å²) >= 11 is 5.71. The summed E-state index contributed by atoms with van der Waals surface area (Å²) in [6, 6.07) is 6.74. The molecule has 0 bridgehead atoms. The lowest BCUT2D eigenvalue weighted by atomic mass is 9.93. The second-order valence-corrected chi connectivity index (χ2v) is 8.45. The highest BCUT2D eigenvalue weighted by Crippen LogP contribution is 2.28. The number of pyridine rings is 2. The SMILES string of the molecule is CC(C)(C)OC(=O)N1CCC(c2cccc(OCc3ncc(Cl)cc3F)n2)CC1. The van der Waals surface area contributed by atoms with Crippen LogP contribution in [0.3, 0.4) is 0 Å². The second-order valence-electron chi connectivity index (χ2n) is 8.01. The number of likely N-dealkylation sites (tertiary alicyclic amines) is 1. The minimum atomic E-state index is -0.511. The molecule has 1 aliphatic heterocycles. The zero-order valence-corrected chi connectivity index (χ0v) is 17.6. The number of hydrogen-bond acceptors (Lipinski definition) is 5. The minimum Gasteiger partial charge on any atom is -0.471 e. The molecule has 1 saturated heterocycles. The molecule has 0 unspecified atom stereocenters. The van der Waals surface area contributed by atoms with Gasteiger partial charge in [0, 0.05) is 37.0 Å². The van der Waals surface area contributed by atoms with E-state index in [0.29, 0.717) is 19.0 Å². The van der Waals surface area contributed by atoms with Gasteiger partial charge in [0.05, 0.1) is 5.02 Å². The van der Waals surface area contributed by atoms with Crippen LogP contribution in [0.4, 0.5) is 9.18 Å². The number of halogens is 2. The van der Waals surface area contributed by atoms with Crippen LogP contribution < -0.4 is 4.74 Å². The first-order chi connectivity index (χ1) is 13.7. The molecular formula is C21H25ClFN3O3. The summed E-state index contributed by atoms with van der Waals surface area (Å²) in [6.45, 7) is 6.78. The molecular weight excluding hydrogens is 397 g/mol. The zero-order chi connectivity index (χ0) is 21.0. The highest BCUT2D eigenvalue weighted by atomic mass is 35.5. The fourth-order valence-electron chi connectivity index (χ4n) is 3.11. The molecule has 156 valence electrons. The maximum atomic E-state index is 13.8. The van der Waals surface area contributed by atoms with E-state index in [4.69, 9.17) is 21.1 Å². The molecule has 2 aromatic rings. The number of rotatable bonds is 4. The van der Waals surface area contributed by atoms with E-state index in [2.05, 4.69) is 9.97 Å². The number of hydrogen-bond donors (Lipinski definition) is 0. The number of piperidine rings is 1. The molecule has 0 aromatic carbocycles. The average Bonchev–Trinajstić information content (AvgIpc) is 2.66. The highest BCUT2D eigenvalue weighted by Gasteiger charge is 2.28. The van der Waals surface area contributed by atoms with E-state index in [1.54, 1.807) is 11.0 Å². The van der Waals surface area contributed by atoms with E-state index in [1.165, 1.54) is 12.3 Å². The van der Waals surface area contributed by atoms with Gasteiger partial charge in [-0.3, -0.25) is 4.98 Å². The number of amides is 1. The summed E-state index contributed by atoms with van der Waals surface area (Å²) in [4.78, 5) is 22.4. The molecule has 2 aromatic heterocycles. The molecule has 3 rings (SSSR count). The van der Waals surface area contributed by atoms with E-state index in [0.717, 1.165) is 18.5 Å². The van der Waals surface area contributed by atoms with Crippen molar-refractivity contribution < 1.29 is 18.7 Å². The van der Waals surface area contributed by atoms with Gasteiger partial charge in [0.15, 0.2) is 0 Å². The molecule has 0 spiro atoms. The van der Waals surface area contributed by atoms with Crippen LogP contribution in [0.25, 0.3) is 0 Å². The molecule has 0 radical (unpaired) electrons. The van der Waals surface area contributed by atoms with Gasteiger partial charge < -0.3 is 14.4 Å². The summed E-state index contributed by atoms with van der Waals surface area (Å²) < 4.78 is 24.9. The average molecular weight is 422 g/mol. The summed E-state index contributed by atoms with van der Waals surface area (Å²) in [6.07, 6.45) is 2.69. The van der Waals surface area contributed by atoms with Crippen LogP contribution in [0.15, 0.2) is 30.5 Å². The Morgan fingerprint density at radius 3 is 2.69 bits per heavy atom. The Balaban J connectivity index is 1.57. The van der Waals surface area contributed by atoms with E-state index in [1.807, 2.05) is 32.9 Å². The third-order valence-electron chi connectivity index (χ3n) is 4.55. The predicted octanol–water partition coefficient (Wildman–Crippen LogP) is 4.96. The van der Waals surface area contributed by atoms with Gasteiger partial charge in [-0.2, -0.15) is 0 Å². The number of ether oxygens (including phenoxy) is 2. The lowest BCUT2D eigenvalue weighted by Gasteiger charge is -2.33. The van der Waals surface area contributed by atoms with Crippen LogP contribution in [0.2, 0.25) is 5.02 Å². The molecule has 1 amide bonds. The van der Waals surface area contributed by atoms with Crippen molar-refractivity contribution in [2.24, 2.45) is 0 Å². The predicted molar refractivity (Wildman–Crippen MR) is 108 cm³/mol. The quantitative estimate of drug-likeness (QED) is 0.697. The van der Waals surface area contributed by atoms with Gasteiger partial charge in [-0.25, -0.2) is 14.2 Å². The largest absolute Gasteiger partial charge is 0.471 e. The monoisotopic (exact) mass is 421 g/mol. The molecule has 0 saturated carbocycles. The minimum absolute atomic E-state index is 0.0312. The van der Waals surface area contributed by atoms with E-state index >= 15 is 0 Å². The third-order valence-corrected chi connectivity index (χ3v) is 4.76. The van der Waals surface area contributed by atoms with Crippen molar-refractivity contribution in [1.82, 2.24) is 14.9 Å². The molecule has 1 aliphatic rings. The number of nitrogens with zero attached hydrogens (tertiary/aromatic N) is 3. The normalized spacial score (nSPS) is 15.3. The van der Waals surface area contributed by atoms with Gasteiger partial charge in [-0.05, 0) is 45.7 Å². The van der Waals surface area contributed by atoms with Gasteiger partial charge in [0.25, 0.3) is 0 Å². The number of aromatic nitrogens is 2. The molecule has 0 N–H and O–H groups in total. The van der Waals surface area contributed by atoms with Crippen LogP contribution in [0.1, 0.15) is 50.9 Å². The van der Waals surface area contributed by atoms with E-state index in [9.17, 15) is 9.18 Å². The Morgan fingerprint density at radius 2 is 2.03 bits per heavy atom. The maximum absolute atomic E-state index is 13.8. The summed E-state index contributed by atoms with van der Waals surface area (Å²) in [7, 11) is 0. The second kappa shape index (κ2) is 8.95. The van der Waals surface area contributed by atoms with E-state index < -0.39 is 11.4 Å². The number of carbonyl (C=O) groups is 1. The Bertz CT molecular complexity index is 864. The molecule has 8 heteroatoms. The first kappa shape index (κ1) is 21.3. The van der Waals surface area contributed by atoms with Crippen LogP contribution in [-0.2, 0) is 11.3 Å². The van der Waals surface area contributed by atoms with Crippen LogP contribution in [-0.4, -0.2) is 39.7 Å². The summed E-state index contributed by atoms with van der Waals surface area (Å²) in [5.74, 6) is 0.124. The van der Waals surface area contributed by atoms with Gasteiger partial charge >= 0.3 is 6.09 Å². The Morgan fingerprint density at radius 1 is 1.31 bits per heavy atom. The summed E-state index contributed by atoms with van der Waals surface area (Å²) in [5.41, 5.74) is 0.572. The summed E-state index contributed by atoms with van der Waals surface area (Å²) in [5, 5.41) is 0.240. The molecule has 29 heavy (non-hydrogen) atoms. The van der Waals surface area contributed by atoms with Crippen molar-refractivity contribution in [2.75, 3.05) is 13.1 Å². The molecule has 3 heterocycles. The van der Waals surface area contributed by atoms with Crippen molar-refractivity contribution in [3.05, 3.63) is 52.7 Å². The Labute approximate surface area is 175 Å². The molecule has 0 atom stereocenters. The third kappa shape index (κ3) is 6.03. The highest BCUT2D eigenvalue weighted by molar-refractivity contribution is 6.30. The van der Waals surface area contributed by atoms with Crippen LogP contribution >= 0.6 is 11.6 Å².